The number of nitro benzene ring substituents is 1. The molecule has 0 heterocycles. The Morgan fingerprint density at radius 3 is 2.42 bits per heavy atom. The smallest absolute Gasteiger partial charge is 0.416 e. The van der Waals surface area contributed by atoms with E-state index in [0.29, 0.717) is 11.6 Å². The fourth-order valence-electron chi connectivity index (χ4n) is 2.88. The number of ether oxygens (including phenoxy) is 1. The van der Waals surface area contributed by atoms with Crippen molar-refractivity contribution < 1.29 is 22.8 Å². The van der Waals surface area contributed by atoms with E-state index in [4.69, 9.17) is 27.9 Å². The molecule has 0 saturated heterocycles. The van der Waals surface area contributed by atoms with Crippen LogP contribution in [0.1, 0.15) is 22.3 Å². The van der Waals surface area contributed by atoms with E-state index in [2.05, 4.69) is 10.5 Å². The summed E-state index contributed by atoms with van der Waals surface area (Å²) in [7, 11) is 0. The normalized spacial score (nSPS) is 11.6. The molecule has 3 rings (SSSR count). The quantitative estimate of drug-likeness (QED) is 0.211. The van der Waals surface area contributed by atoms with E-state index >= 15 is 0 Å². The average Bonchev–Trinajstić information content (AvgIpc) is 2.72. The maximum absolute atomic E-state index is 12.8. The predicted molar refractivity (Wildman–Crippen MR) is 121 cm³/mol. The molecule has 0 aliphatic heterocycles. The second kappa shape index (κ2) is 10.1. The lowest BCUT2D eigenvalue weighted by Gasteiger charge is -2.11. The fraction of sp³-hybridized carbons (Fsp3) is 0.136. The van der Waals surface area contributed by atoms with Gasteiger partial charge in [0, 0.05) is 6.07 Å². The Kier molecular flexibility index (Phi) is 7.45. The highest BCUT2D eigenvalue weighted by Gasteiger charge is 2.33. The van der Waals surface area contributed by atoms with Crippen LogP contribution in [-0.2, 0) is 12.8 Å². The molecule has 0 saturated carbocycles. The van der Waals surface area contributed by atoms with Crippen molar-refractivity contribution in [3.63, 3.8) is 0 Å². The van der Waals surface area contributed by atoms with Crippen molar-refractivity contribution in [3.05, 3.63) is 97.0 Å². The van der Waals surface area contributed by atoms with Crippen LogP contribution in [0.2, 0.25) is 10.0 Å². The highest BCUT2D eigenvalue weighted by atomic mass is 35.5. The van der Waals surface area contributed by atoms with Crippen molar-refractivity contribution in [2.24, 2.45) is 5.10 Å². The van der Waals surface area contributed by atoms with Crippen LogP contribution in [-0.4, -0.2) is 11.1 Å². The van der Waals surface area contributed by atoms with Crippen LogP contribution >= 0.6 is 23.2 Å². The third-order valence-corrected chi connectivity index (χ3v) is 4.97. The Bertz CT molecular complexity index is 1190. The van der Waals surface area contributed by atoms with E-state index in [1.54, 1.807) is 0 Å². The van der Waals surface area contributed by atoms with E-state index in [1.165, 1.54) is 18.3 Å². The van der Waals surface area contributed by atoms with Gasteiger partial charge < -0.3 is 4.74 Å². The maximum Gasteiger partial charge on any atom is 0.416 e. The van der Waals surface area contributed by atoms with E-state index in [-0.39, 0.29) is 28.1 Å². The van der Waals surface area contributed by atoms with Gasteiger partial charge in [-0.1, -0.05) is 53.0 Å². The predicted octanol–water partition coefficient (Wildman–Crippen LogP) is 7.25. The lowest BCUT2D eigenvalue weighted by Crippen LogP contribution is -2.06. The molecule has 0 aliphatic rings. The minimum atomic E-state index is -4.71. The largest absolute Gasteiger partial charge is 0.486 e. The summed E-state index contributed by atoms with van der Waals surface area (Å²) in [5.74, 6) is 0.281. The topological polar surface area (TPSA) is 76.8 Å². The van der Waals surface area contributed by atoms with Gasteiger partial charge in [-0.05, 0) is 42.3 Å². The fourth-order valence-corrected chi connectivity index (χ4v) is 3.49. The first-order valence-corrected chi connectivity index (χ1v) is 10.1. The molecule has 0 spiro atoms. The number of hydrogen-bond donors (Lipinski definition) is 1. The molecular weight excluding hydrogens is 482 g/mol. The maximum atomic E-state index is 12.8. The molecule has 172 valence electrons. The molecule has 6 nitrogen and oxygen atoms in total. The number of hydrogen-bond acceptors (Lipinski definition) is 5. The molecule has 1 N–H and O–H groups in total. The summed E-state index contributed by atoms with van der Waals surface area (Å²) in [6.45, 7) is 2.22. The summed E-state index contributed by atoms with van der Waals surface area (Å²) < 4.78 is 44.1. The number of benzene rings is 3. The summed E-state index contributed by atoms with van der Waals surface area (Å²) in [5.41, 5.74) is 2.72. The third-order valence-electron chi connectivity index (χ3n) is 4.41. The minimum absolute atomic E-state index is 0.209. The second-order valence-electron chi connectivity index (χ2n) is 6.95. The van der Waals surface area contributed by atoms with Crippen molar-refractivity contribution in [2.75, 3.05) is 5.43 Å². The molecule has 33 heavy (non-hydrogen) atoms. The van der Waals surface area contributed by atoms with Crippen LogP contribution in [0.25, 0.3) is 0 Å². The standard InChI is InChI=1S/C22H16Cl2F3N3O3/c1-13-3-2-4-14(7-13)12-33-21-17(23)8-15(9-18(21)24)11-28-29-19-6-5-16(22(25,26)27)10-20(19)30(31)32/h2-11,29H,12H2,1H3/b28-11-. The van der Waals surface area contributed by atoms with Crippen molar-refractivity contribution in [3.8, 4) is 5.75 Å². The summed E-state index contributed by atoms with van der Waals surface area (Å²) in [6, 6.07) is 12.9. The third kappa shape index (κ3) is 6.36. The molecule has 0 unspecified atom stereocenters. The summed E-state index contributed by atoms with van der Waals surface area (Å²) >= 11 is 12.5. The van der Waals surface area contributed by atoms with Crippen LogP contribution < -0.4 is 10.2 Å². The zero-order valence-corrected chi connectivity index (χ0v) is 18.5. The van der Waals surface area contributed by atoms with Crippen LogP contribution in [0.3, 0.4) is 0 Å². The Morgan fingerprint density at radius 1 is 1.12 bits per heavy atom. The summed E-state index contributed by atoms with van der Waals surface area (Å²) in [4.78, 5) is 10.2. The van der Waals surface area contributed by atoms with Crippen LogP contribution in [0.5, 0.6) is 5.75 Å². The number of halogens is 5. The van der Waals surface area contributed by atoms with E-state index in [9.17, 15) is 23.3 Å². The van der Waals surface area contributed by atoms with Crippen molar-refractivity contribution >= 4 is 40.8 Å². The Hall–Kier alpha value is -3.30. The molecule has 0 amide bonds. The first-order valence-electron chi connectivity index (χ1n) is 9.36. The van der Waals surface area contributed by atoms with Gasteiger partial charge in [-0.25, -0.2) is 0 Å². The van der Waals surface area contributed by atoms with Crippen molar-refractivity contribution in [1.29, 1.82) is 0 Å². The van der Waals surface area contributed by atoms with Crippen molar-refractivity contribution in [1.82, 2.24) is 0 Å². The van der Waals surface area contributed by atoms with Crippen LogP contribution in [0, 0.1) is 17.0 Å². The number of alkyl halides is 3. The number of aryl methyl sites for hydroxylation is 1. The number of hydrazone groups is 1. The summed E-state index contributed by atoms with van der Waals surface area (Å²) in [5, 5.41) is 15.4. The molecule has 11 heteroatoms. The molecule has 0 bridgehead atoms. The zero-order valence-electron chi connectivity index (χ0n) is 17.0. The number of nitro groups is 1. The number of nitrogens with zero attached hydrogens (tertiary/aromatic N) is 2. The van der Waals surface area contributed by atoms with Crippen LogP contribution in [0.15, 0.2) is 59.7 Å². The van der Waals surface area contributed by atoms with E-state index in [1.807, 2.05) is 31.2 Å². The molecule has 0 fully saturated rings. The monoisotopic (exact) mass is 497 g/mol. The second-order valence-corrected chi connectivity index (χ2v) is 7.76. The van der Waals surface area contributed by atoms with Gasteiger partial charge in [0.2, 0.25) is 0 Å². The molecule has 0 aliphatic carbocycles. The van der Waals surface area contributed by atoms with Gasteiger partial charge in [0.05, 0.1) is 26.7 Å². The van der Waals surface area contributed by atoms with E-state index in [0.717, 1.165) is 23.3 Å². The number of rotatable bonds is 7. The molecule has 3 aromatic rings. The molecule has 0 radical (unpaired) electrons. The van der Waals surface area contributed by atoms with Gasteiger partial charge >= 0.3 is 6.18 Å². The van der Waals surface area contributed by atoms with E-state index < -0.39 is 22.4 Å². The Morgan fingerprint density at radius 2 is 1.82 bits per heavy atom. The van der Waals surface area contributed by atoms with Crippen LogP contribution in [0.4, 0.5) is 24.5 Å². The average molecular weight is 498 g/mol. The zero-order chi connectivity index (χ0) is 24.2. The Balaban J connectivity index is 1.74. The highest BCUT2D eigenvalue weighted by molar-refractivity contribution is 6.37. The lowest BCUT2D eigenvalue weighted by atomic mass is 10.1. The minimum Gasteiger partial charge on any atom is -0.486 e. The molecule has 0 aromatic heterocycles. The van der Waals surface area contributed by atoms with Gasteiger partial charge in [-0.2, -0.15) is 18.3 Å². The van der Waals surface area contributed by atoms with Gasteiger partial charge in [-0.3, -0.25) is 15.5 Å². The summed E-state index contributed by atoms with van der Waals surface area (Å²) in [6.07, 6.45) is -3.44. The first kappa shape index (κ1) is 24.3. The highest BCUT2D eigenvalue weighted by Crippen LogP contribution is 2.36. The lowest BCUT2D eigenvalue weighted by molar-refractivity contribution is -0.384. The van der Waals surface area contributed by atoms with Gasteiger partial charge in [0.15, 0.2) is 5.75 Å². The van der Waals surface area contributed by atoms with Gasteiger partial charge in [0.25, 0.3) is 5.69 Å². The van der Waals surface area contributed by atoms with Crippen molar-refractivity contribution in [2.45, 2.75) is 19.7 Å². The Labute approximate surface area is 196 Å². The number of nitrogens with one attached hydrogen (secondary N) is 1. The molecule has 3 aromatic carbocycles. The first-order chi connectivity index (χ1) is 15.5. The SMILES string of the molecule is Cc1cccc(COc2c(Cl)cc(/C=N\Nc3ccc(C(F)(F)F)cc3[N+](=O)[O-])cc2Cl)c1. The molecule has 0 atom stereocenters. The number of anilines is 1. The molecular formula is C22H16Cl2F3N3O3. The van der Waals surface area contributed by atoms with Gasteiger partial charge in [-0.15, -0.1) is 0 Å². The van der Waals surface area contributed by atoms with Gasteiger partial charge in [0.1, 0.15) is 12.3 Å².